The third-order valence-corrected chi connectivity index (χ3v) is 6.94. The molecule has 0 radical (unpaired) electrons. The number of nitrogens with zero attached hydrogens (tertiary/aromatic N) is 1. The molecule has 1 saturated heterocycles. The lowest BCUT2D eigenvalue weighted by Crippen LogP contribution is -2.51. The molecule has 2 aromatic carbocycles. The smallest absolute Gasteiger partial charge is 0.341 e. The first-order valence-electron chi connectivity index (χ1n) is 11.3. The van der Waals surface area contributed by atoms with Gasteiger partial charge in [0.1, 0.15) is 13.2 Å². The van der Waals surface area contributed by atoms with Gasteiger partial charge >= 0.3 is 5.97 Å². The fourth-order valence-electron chi connectivity index (χ4n) is 4.03. The molecule has 10 nitrogen and oxygen atoms in total. The van der Waals surface area contributed by atoms with Gasteiger partial charge in [-0.3, -0.25) is 9.52 Å². The first kappa shape index (κ1) is 24.8. The van der Waals surface area contributed by atoms with E-state index in [1.54, 1.807) is 17.0 Å². The van der Waals surface area contributed by atoms with Crippen LogP contribution >= 0.6 is 0 Å². The molecule has 1 fully saturated rings. The van der Waals surface area contributed by atoms with Crippen molar-refractivity contribution in [1.29, 1.82) is 0 Å². The first-order valence-corrected chi connectivity index (χ1v) is 12.8. The summed E-state index contributed by atoms with van der Waals surface area (Å²) in [6, 6.07) is 10.3. The van der Waals surface area contributed by atoms with Crippen molar-refractivity contribution >= 4 is 27.6 Å². The van der Waals surface area contributed by atoms with Crippen LogP contribution in [-0.4, -0.2) is 69.8 Å². The number of rotatable bonds is 6. The number of hydrogen-bond donors (Lipinski definition) is 1. The van der Waals surface area contributed by atoms with E-state index in [9.17, 15) is 18.0 Å². The maximum absolute atomic E-state index is 13.0. The molecular formula is C24H28N2O8S. The zero-order valence-electron chi connectivity index (χ0n) is 19.7. The van der Waals surface area contributed by atoms with Gasteiger partial charge in [-0.2, -0.15) is 0 Å². The van der Waals surface area contributed by atoms with Crippen molar-refractivity contribution in [3.8, 4) is 11.5 Å². The van der Waals surface area contributed by atoms with Crippen molar-refractivity contribution < 1.29 is 37.0 Å². The number of ether oxygens (including phenoxy) is 4. The molecule has 0 aromatic heterocycles. The average molecular weight is 505 g/mol. The Morgan fingerprint density at radius 1 is 1.03 bits per heavy atom. The molecule has 2 heterocycles. The van der Waals surface area contributed by atoms with Crippen LogP contribution in [0.15, 0.2) is 47.4 Å². The highest BCUT2D eigenvalue weighted by molar-refractivity contribution is 7.92. The van der Waals surface area contributed by atoms with E-state index in [1.165, 1.54) is 37.3 Å². The van der Waals surface area contributed by atoms with E-state index in [0.29, 0.717) is 37.8 Å². The summed E-state index contributed by atoms with van der Waals surface area (Å²) >= 11 is 0. The van der Waals surface area contributed by atoms with E-state index >= 15 is 0 Å². The molecule has 0 saturated carbocycles. The Labute approximate surface area is 204 Å². The lowest BCUT2D eigenvalue weighted by atomic mass is 10.2. The van der Waals surface area contributed by atoms with Crippen molar-refractivity contribution in [1.82, 2.24) is 4.90 Å². The SMILES string of the molecule is C[C@@H]1CN(C(=O)[C@H](C)OC(=O)c2ccccc2NS(=O)(=O)c2ccc3c(c2)OCCO3)C[C@H](C)O1. The summed E-state index contributed by atoms with van der Waals surface area (Å²) in [4.78, 5) is 27.3. The Balaban J connectivity index is 1.48. The second-order valence-electron chi connectivity index (χ2n) is 8.50. The third kappa shape index (κ3) is 5.68. The number of benzene rings is 2. The molecule has 2 aliphatic heterocycles. The van der Waals surface area contributed by atoms with Crippen molar-refractivity contribution in [2.45, 2.75) is 44.0 Å². The monoisotopic (exact) mass is 504 g/mol. The van der Waals surface area contributed by atoms with Gasteiger partial charge in [0, 0.05) is 19.2 Å². The predicted molar refractivity (Wildman–Crippen MR) is 126 cm³/mol. The molecule has 3 atom stereocenters. The topological polar surface area (TPSA) is 120 Å². The van der Waals surface area contributed by atoms with Crippen LogP contribution in [0.4, 0.5) is 5.69 Å². The Bertz CT molecular complexity index is 1210. The standard InChI is InChI=1S/C24H28N2O8S/c1-15-13-26(14-16(2)33-15)23(27)17(3)34-24(28)19-6-4-5-7-20(19)25-35(29,30)18-8-9-21-22(12-18)32-11-10-31-21/h4-9,12,15-17,25H,10-11,13-14H2,1-3H3/t15-,16+,17-/m0/s1. The van der Waals surface area contributed by atoms with Crippen LogP contribution in [0, 0.1) is 0 Å². The van der Waals surface area contributed by atoms with Crippen molar-refractivity contribution in [3.63, 3.8) is 0 Å². The summed E-state index contributed by atoms with van der Waals surface area (Å²) in [6.45, 7) is 6.74. The molecule has 35 heavy (non-hydrogen) atoms. The molecule has 11 heteroatoms. The second-order valence-corrected chi connectivity index (χ2v) is 10.2. The van der Waals surface area contributed by atoms with Crippen molar-refractivity contribution in [3.05, 3.63) is 48.0 Å². The number of carbonyl (C=O) groups excluding carboxylic acids is 2. The fourth-order valence-corrected chi connectivity index (χ4v) is 5.13. The van der Waals surface area contributed by atoms with Crippen LogP contribution in [0.5, 0.6) is 11.5 Å². The lowest BCUT2D eigenvalue weighted by Gasteiger charge is -2.36. The minimum absolute atomic E-state index is 0.0167. The van der Waals surface area contributed by atoms with Crippen molar-refractivity contribution in [2.75, 3.05) is 31.0 Å². The number of hydrogen-bond acceptors (Lipinski definition) is 8. The summed E-state index contributed by atoms with van der Waals surface area (Å²) in [5.41, 5.74) is 0.0117. The number of fused-ring (bicyclic) bond motifs is 1. The van der Waals surface area contributed by atoms with Gasteiger partial charge in [-0.25, -0.2) is 13.2 Å². The van der Waals surface area contributed by atoms with Gasteiger partial charge in [0.2, 0.25) is 0 Å². The molecule has 1 amide bonds. The largest absolute Gasteiger partial charge is 0.486 e. The Morgan fingerprint density at radius 3 is 2.40 bits per heavy atom. The van der Waals surface area contributed by atoms with Crippen LogP contribution in [0.3, 0.4) is 0 Å². The van der Waals surface area contributed by atoms with Gasteiger partial charge < -0.3 is 23.8 Å². The number of sulfonamides is 1. The van der Waals surface area contributed by atoms with E-state index in [1.807, 2.05) is 13.8 Å². The Kier molecular flexibility index (Phi) is 7.18. The van der Waals surface area contributed by atoms with Gasteiger partial charge in [-0.15, -0.1) is 0 Å². The molecule has 4 rings (SSSR count). The zero-order valence-corrected chi connectivity index (χ0v) is 20.5. The van der Waals surface area contributed by atoms with E-state index in [0.717, 1.165) is 0 Å². The number of anilines is 1. The summed E-state index contributed by atoms with van der Waals surface area (Å²) < 4.78 is 50.4. The lowest BCUT2D eigenvalue weighted by molar-refractivity contribution is -0.151. The molecule has 0 spiro atoms. The molecule has 188 valence electrons. The van der Waals surface area contributed by atoms with Gasteiger partial charge in [-0.1, -0.05) is 12.1 Å². The summed E-state index contributed by atoms with van der Waals surface area (Å²) in [6.07, 6.45) is -1.30. The fraction of sp³-hybridized carbons (Fsp3) is 0.417. The highest BCUT2D eigenvalue weighted by Gasteiger charge is 2.31. The quantitative estimate of drug-likeness (QED) is 0.596. The number of morpholine rings is 1. The van der Waals surface area contributed by atoms with Gasteiger partial charge in [-0.05, 0) is 45.0 Å². The number of para-hydroxylation sites is 1. The minimum Gasteiger partial charge on any atom is -0.486 e. The Morgan fingerprint density at radius 2 is 1.69 bits per heavy atom. The highest BCUT2D eigenvalue weighted by atomic mass is 32.2. The van der Waals surface area contributed by atoms with E-state index in [-0.39, 0.29) is 34.3 Å². The van der Waals surface area contributed by atoms with Crippen LogP contribution in [0.2, 0.25) is 0 Å². The number of nitrogens with one attached hydrogen (secondary N) is 1. The van der Waals surface area contributed by atoms with Crippen LogP contribution in [0.25, 0.3) is 0 Å². The molecular weight excluding hydrogens is 476 g/mol. The van der Waals surface area contributed by atoms with Gasteiger partial charge in [0.05, 0.1) is 28.4 Å². The number of esters is 1. The number of carbonyl (C=O) groups is 2. The van der Waals surface area contributed by atoms with Crippen LogP contribution < -0.4 is 14.2 Å². The molecule has 0 unspecified atom stereocenters. The number of amides is 1. The van der Waals surface area contributed by atoms with E-state index in [4.69, 9.17) is 18.9 Å². The maximum atomic E-state index is 13.0. The zero-order chi connectivity index (χ0) is 25.2. The molecule has 2 aliphatic rings. The molecule has 0 bridgehead atoms. The minimum atomic E-state index is -4.06. The third-order valence-electron chi connectivity index (χ3n) is 5.58. The van der Waals surface area contributed by atoms with Gasteiger partial charge in [0.15, 0.2) is 17.6 Å². The molecule has 2 aromatic rings. The van der Waals surface area contributed by atoms with Gasteiger partial charge in [0.25, 0.3) is 15.9 Å². The average Bonchev–Trinajstić information content (AvgIpc) is 2.82. The highest BCUT2D eigenvalue weighted by Crippen LogP contribution is 2.33. The molecule has 0 aliphatic carbocycles. The van der Waals surface area contributed by atoms with Crippen LogP contribution in [0.1, 0.15) is 31.1 Å². The predicted octanol–water partition coefficient (Wildman–Crippen LogP) is 2.44. The summed E-state index contributed by atoms with van der Waals surface area (Å²) in [5.74, 6) is -0.372. The van der Waals surface area contributed by atoms with E-state index in [2.05, 4.69) is 4.72 Å². The second kappa shape index (κ2) is 10.1. The van der Waals surface area contributed by atoms with Crippen molar-refractivity contribution in [2.24, 2.45) is 0 Å². The summed E-state index contributed by atoms with van der Waals surface area (Å²) in [5, 5.41) is 0. The van der Waals surface area contributed by atoms with E-state index < -0.39 is 22.1 Å². The summed E-state index contributed by atoms with van der Waals surface area (Å²) in [7, 11) is -4.06. The van der Waals surface area contributed by atoms with Crippen LogP contribution in [-0.2, 0) is 24.3 Å². The Hall–Kier alpha value is -3.31. The molecule has 1 N–H and O–H groups in total. The maximum Gasteiger partial charge on any atom is 0.341 e. The first-order chi connectivity index (χ1) is 16.6. The normalized spacial score (nSPS) is 20.6.